The fourth-order valence-electron chi connectivity index (χ4n) is 5.14. The van der Waals surface area contributed by atoms with E-state index in [9.17, 15) is 0 Å². The van der Waals surface area contributed by atoms with Crippen LogP contribution in [0.3, 0.4) is 0 Å². The minimum Gasteiger partial charge on any atom is -0.0836 e. The van der Waals surface area contributed by atoms with Gasteiger partial charge in [0.15, 0.2) is 0 Å². The lowest BCUT2D eigenvalue weighted by atomic mass is 9.81. The summed E-state index contributed by atoms with van der Waals surface area (Å²) in [5.74, 6) is 0.380. The topological polar surface area (TPSA) is 0 Å². The summed E-state index contributed by atoms with van der Waals surface area (Å²) in [5.41, 5.74) is 6.49. The van der Waals surface area contributed by atoms with Gasteiger partial charge in [0.1, 0.15) is 0 Å². The highest BCUT2D eigenvalue weighted by atomic mass is 79.9. The van der Waals surface area contributed by atoms with Crippen molar-refractivity contribution >= 4 is 37.5 Å². The van der Waals surface area contributed by atoms with E-state index in [1.807, 2.05) is 0 Å². The third-order valence-electron chi connectivity index (χ3n) is 6.66. The first-order valence-corrected chi connectivity index (χ1v) is 12.2. The Bertz CT molecular complexity index is 1520. The Morgan fingerprint density at radius 2 is 1.27 bits per heavy atom. The summed E-state index contributed by atoms with van der Waals surface area (Å²) < 4.78 is 1.10. The summed E-state index contributed by atoms with van der Waals surface area (Å²) in [7, 11) is 0. The zero-order chi connectivity index (χ0) is 22.2. The Kier molecular flexibility index (Phi) is 5.20. The normalized spacial score (nSPS) is 15.4. The van der Waals surface area contributed by atoms with Gasteiger partial charge in [-0.2, -0.15) is 0 Å². The smallest absolute Gasteiger partial charge is 0.0175 e. The van der Waals surface area contributed by atoms with Gasteiger partial charge in [0, 0.05) is 10.4 Å². The van der Waals surface area contributed by atoms with E-state index in [-0.39, 0.29) is 0 Å². The van der Waals surface area contributed by atoms with Crippen LogP contribution >= 0.6 is 15.9 Å². The summed E-state index contributed by atoms with van der Waals surface area (Å²) in [6.07, 6.45) is 10.0. The van der Waals surface area contributed by atoms with Crippen LogP contribution in [-0.2, 0) is 0 Å². The summed E-state index contributed by atoms with van der Waals surface area (Å²) in [6, 6.07) is 35.4. The van der Waals surface area contributed by atoms with Gasteiger partial charge in [-0.05, 0) is 74.0 Å². The number of halogens is 1. The second-order valence-corrected chi connectivity index (χ2v) is 9.54. The molecule has 0 radical (unpaired) electrons. The van der Waals surface area contributed by atoms with Crippen LogP contribution in [0.1, 0.15) is 17.9 Å². The highest BCUT2D eigenvalue weighted by molar-refractivity contribution is 9.10. The van der Waals surface area contributed by atoms with E-state index < -0.39 is 0 Å². The molecular formula is C32H23Br. The Hall–Kier alpha value is -3.42. The van der Waals surface area contributed by atoms with Crippen LogP contribution in [0.25, 0.3) is 43.8 Å². The largest absolute Gasteiger partial charge is 0.0836 e. The summed E-state index contributed by atoms with van der Waals surface area (Å²) in [4.78, 5) is 0. The molecule has 0 heterocycles. The molecule has 0 spiro atoms. The lowest BCUT2D eigenvalue weighted by molar-refractivity contribution is 0.870. The third kappa shape index (κ3) is 3.63. The van der Waals surface area contributed by atoms with Gasteiger partial charge in [0.2, 0.25) is 0 Å². The average Bonchev–Trinajstić information content (AvgIpc) is 2.88. The molecule has 0 saturated carbocycles. The standard InChI is InChI=1S/C32H23Br/c33-26-18-15-22(16-19-26)25-17-20-29-30(21-25)32(24-11-5-2-6-12-24)28-14-8-7-13-27(28)31(29)23-9-3-1-4-10-23/h1-9,11-21,23H,10H2. The molecule has 0 fully saturated rings. The monoisotopic (exact) mass is 486 g/mol. The predicted molar refractivity (Wildman–Crippen MR) is 146 cm³/mol. The molecule has 6 rings (SSSR count). The van der Waals surface area contributed by atoms with Crippen LogP contribution in [0.2, 0.25) is 0 Å². The molecule has 0 aromatic heterocycles. The van der Waals surface area contributed by atoms with E-state index in [0.717, 1.165) is 10.9 Å². The summed E-state index contributed by atoms with van der Waals surface area (Å²) >= 11 is 3.57. The number of benzene rings is 5. The van der Waals surface area contributed by atoms with Crippen molar-refractivity contribution in [3.8, 4) is 22.3 Å². The van der Waals surface area contributed by atoms with Gasteiger partial charge in [-0.15, -0.1) is 0 Å². The minimum atomic E-state index is 0.380. The molecule has 0 nitrogen and oxygen atoms in total. The number of fused-ring (bicyclic) bond motifs is 2. The fraction of sp³-hybridized carbons (Fsp3) is 0.0625. The highest BCUT2D eigenvalue weighted by Crippen LogP contribution is 2.44. The summed E-state index contributed by atoms with van der Waals surface area (Å²) in [6.45, 7) is 0. The van der Waals surface area contributed by atoms with Gasteiger partial charge in [-0.1, -0.05) is 119 Å². The molecule has 0 amide bonds. The van der Waals surface area contributed by atoms with Crippen LogP contribution in [0, 0.1) is 0 Å². The van der Waals surface area contributed by atoms with Crippen molar-refractivity contribution in [3.63, 3.8) is 0 Å². The van der Waals surface area contributed by atoms with Crippen molar-refractivity contribution in [3.05, 3.63) is 131 Å². The molecule has 5 aromatic rings. The minimum absolute atomic E-state index is 0.380. The second kappa shape index (κ2) is 8.50. The molecular weight excluding hydrogens is 464 g/mol. The molecule has 1 aliphatic carbocycles. The van der Waals surface area contributed by atoms with E-state index in [0.29, 0.717) is 5.92 Å². The first kappa shape index (κ1) is 20.2. The number of hydrogen-bond donors (Lipinski definition) is 0. The maximum absolute atomic E-state index is 3.57. The Labute approximate surface area is 203 Å². The van der Waals surface area contributed by atoms with Crippen molar-refractivity contribution in [2.45, 2.75) is 12.3 Å². The van der Waals surface area contributed by atoms with Crippen molar-refractivity contribution in [2.75, 3.05) is 0 Å². The van der Waals surface area contributed by atoms with Crippen molar-refractivity contribution in [1.82, 2.24) is 0 Å². The van der Waals surface area contributed by atoms with Gasteiger partial charge in [0.05, 0.1) is 0 Å². The molecule has 0 bridgehead atoms. The van der Waals surface area contributed by atoms with Gasteiger partial charge in [-0.25, -0.2) is 0 Å². The first-order chi connectivity index (χ1) is 16.3. The maximum atomic E-state index is 3.57. The molecule has 1 unspecified atom stereocenters. The molecule has 1 heteroatoms. The van der Waals surface area contributed by atoms with Gasteiger partial charge >= 0.3 is 0 Å². The van der Waals surface area contributed by atoms with E-state index >= 15 is 0 Å². The quantitative estimate of drug-likeness (QED) is 0.222. The number of rotatable bonds is 3. The van der Waals surface area contributed by atoms with Crippen LogP contribution < -0.4 is 0 Å². The van der Waals surface area contributed by atoms with Gasteiger partial charge in [-0.3, -0.25) is 0 Å². The molecule has 0 aliphatic heterocycles. The van der Waals surface area contributed by atoms with Crippen molar-refractivity contribution < 1.29 is 0 Å². The van der Waals surface area contributed by atoms with E-state index in [1.165, 1.54) is 49.4 Å². The second-order valence-electron chi connectivity index (χ2n) is 8.62. The SMILES string of the molecule is Brc1ccc(-c2ccc3c(C4C=CC=CC4)c4ccccc4c(-c4ccccc4)c3c2)cc1. The fourth-order valence-corrected chi connectivity index (χ4v) is 5.41. The van der Waals surface area contributed by atoms with E-state index in [2.05, 4.69) is 137 Å². The summed E-state index contributed by atoms with van der Waals surface area (Å²) in [5, 5.41) is 5.34. The molecule has 0 saturated heterocycles. The molecule has 5 aromatic carbocycles. The van der Waals surface area contributed by atoms with Crippen LogP contribution in [0.15, 0.2) is 126 Å². The zero-order valence-corrected chi connectivity index (χ0v) is 19.8. The predicted octanol–water partition coefficient (Wildman–Crippen LogP) is 9.69. The van der Waals surface area contributed by atoms with Crippen molar-refractivity contribution in [1.29, 1.82) is 0 Å². The number of allylic oxidation sites excluding steroid dienone is 4. The molecule has 1 aliphatic rings. The molecule has 33 heavy (non-hydrogen) atoms. The molecule has 0 N–H and O–H groups in total. The van der Waals surface area contributed by atoms with Crippen LogP contribution in [-0.4, -0.2) is 0 Å². The third-order valence-corrected chi connectivity index (χ3v) is 7.19. The molecule has 158 valence electrons. The average molecular weight is 487 g/mol. The maximum Gasteiger partial charge on any atom is 0.0175 e. The Morgan fingerprint density at radius 1 is 0.576 bits per heavy atom. The lowest BCUT2D eigenvalue weighted by Gasteiger charge is -2.23. The van der Waals surface area contributed by atoms with Crippen LogP contribution in [0.4, 0.5) is 0 Å². The zero-order valence-electron chi connectivity index (χ0n) is 18.2. The number of hydrogen-bond acceptors (Lipinski definition) is 0. The van der Waals surface area contributed by atoms with Gasteiger partial charge in [0.25, 0.3) is 0 Å². The van der Waals surface area contributed by atoms with Crippen LogP contribution in [0.5, 0.6) is 0 Å². The van der Waals surface area contributed by atoms with E-state index in [1.54, 1.807) is 0 Å². The highest BCUT2D eigenvalue weighted by Gasteiger charge is 2.20. The molecule has 1 atom stereocenters. The van der Waals surface area contributed by atoms with E-state index in [4.69, 9.17) is 0 Å². The van der Waals surface area contributed by atoms with Crippen molar-refractivity contribution in [2.24, 2.45) is 0 Å². The lowest BCUT2D eigenvalue weighted by Crippen LogP contribution is -2.01. The first-order valence-electron chi connectivity index (χ1n) is 11.4. The Morgan fingerprint density at radius 3 is 2.03 bits per heavy atom. The Balaban J connectivity index is 1.73. The van der Waals surface area contributed by atoms with Gasteiger partial charge < -0.3 is 0 Å².